The number of anilines is 1. The zero-order valence-electron chi connectivity index (χ0n) is 19.8. The van der Waals surface area contributed by atoms with Crippen LogP contribution in [0.5, 0.6) is 0 Å². The monoisotopic (exact) mass is 468 g/mol. The Kier molecular flexibility index (Phi) is 6.19. The molecule has 0 fully saturated rings. The minimum absolute atomic E-state index is 0.317. The first kappa shape index (κ1) is 22.9. The van der Waals surface area contributed by atoms with Crippen LogP contribution in [-0.2, 0) is 0 Å². The van der Waals surface area contributed by atoms with Gasteiger partial charge in [-0.05, 0) is 48.9 Å². The lowest BCUT2D eigenvalue weighted by Crippen LogP contribution is -2.40. The molecule has 0 bridgehead atoms. The Morgan fingerprint density at radius 1 is 0.889 bits per heavy atom. The molecule has 1 aliphatic heterocycles. The van der Waals surface area contributed by atoms with E-state index in [4.69, 9.17) is 5.73 Å². The van der Waals surface area contributed by atoms with E-state index in [0.717, 1.165) is 33.9 Å². The number of aromatic nitrogens is 1. The van der Waals surface area contributed by atoms with Crippen molar-refractivity contribution in [3.05, 3.63) is 114 Å². The summed E-state index contributed by atoms with van der Waals surface area (Å²) < 4.78 is 2.18. The third kappa shape index (κ3) is 4.07. The summed E-state index contributed by atoms with van der Waals surface area (Å²) in [6, 6.07) is 36.2. The van der Waals surface area contributed by atoms with Crippen LogP contribution in [-0.4, -0.2) is 16.4 Å². The number of aryl methyl sites for hydroxylation is 1. The molecule has 6 heteroatoms. The Morgan fingerprint density at radius 2 is 1.47 bits per heavy atom. The molecule has 6 nitrogen and oxygen atoms in total. The zero-order valence-corrected chi connectivity index (χ0v) is 19.8. The molecule has 0 unspecified atom stereocenters. The van der Waals surface area contributed by atoms with Gasteiger partial charge in [-0.25, -0.2) is 5.01 Å². The number of nitrogens with zero attached hydrogens (tertiary/aromatic N) is 5. The number of hydrogen-bond donors (Lipinski definition) is 1. The number of nitriles is 2. The normalized spacial score (nSPS) is 17.4. The maximum absolute atomic E-state index is 10.2. The lowest BCUT2D eigenvalue weighted by atomic mass is 9.95. The SMILES string of the molecule is Cc1cc(/C=C(/C#N)C2=NN(c3ccccc3)[C@H](N)[C@@H]2C#N)c(-c2ccccc2)n1-c1ccccc1. The minimum Gasteiger partial charge on any atom is -0.313 e. The average molecular weight is 469 g/mol. The Morgan fingerprint density at radius 3 is 2.06 bits per heavy atom. The molecule has 5 rings (SSSR count). The van der Waals surface area contributed by atoms with Crippen molar-refractivity contribution >= 4 is 17.5 Å². The van der Waals surface area contributed by atoms with Crippen LogP contribution in [0.1, 0.15) is 11.3 Å². The molecule has 0 spiro atoms. The van der Waals surface area contributed by atoms with Gasteiger partial charge < -0.3 is 10.3 Å². The predicted molar refractivity (Wildman–Crippen MR) is 143 cm³/mol. The average Bonchev–Trinajstić information content (AvgIpc) is 3.44. The summed E-state index contributed by atoms with van der Waals surface area (Å²) in [6.45, 7) is 2.04. The molecular weight excluding hydrogens is 444 g/mol. The number of hydrazone groups is 1. The second kappa shape index (κ2) is 9.76. The fraction of sp³-hybridized carbons (Fsp3) is 0.100. The lowest BCUT2D eigenvalue weighted by molar-refractivity contribution is 0.624. The quantitative estimate of drug-likeness (QED) is 0.382. The van der Waals surface area contributed by atoms with Crippen molar-refractivity contribution in [2.24, 2.45) is 16.8 Å². The molecule has 0 saturated carbocycles. The van der Waals surface area contributed by atoms with E-state index >= 15 is 0 Å². The highest BCUT2D eigenvalue weighted by Crippen LogP contribution is 2.34. The van der Waals surface area contributed by atoms with Gasteiger partial charge in [-0.3, -0.25) is 0 Å². The van der Waals surface area contributed by atoms with Gasteiger partial charge in [0.2, 0.25) is 0 Å². The van der Waals surface area contributed by atoms with Crippen LogP contribution in [0.4, 0.5) is 5.69 Å². The van der Waals surface area contributed by atoms with Crippen molar-refractivity contribution in [3.63, 3.8) is 0 Å². The first-order valence-corrected chi connectivity index (χ1v) is 11.7. The van der Waals surface area contributed by atoms with Crippen molar-refractivity contribution in [2.45, 2.75) is 13.1 Å². The molecule has 174 valence electrons. The molecule has 36 heavy (non-hydrogen) atoms. The molecule has 2 atom stereocenters. The van der Waals surface area contributed by atoms with Crippen LogP contribution in [0, 0.1) is 35.5 Å². The van der Waals surface area contributed by atoms with Crippen molar-refractivity contribution in [1.82, 2.24) is 4.57 Å². The summed E-state index contributed by atoms with van der Waals surface area (Å²) >= 11 is 0. The van der Waals surface area contributed by atoms with Crippen LogP contribution >= 0.6 is 0 Å². The van der Waals surface area contributed by atoms with Gasteiger partial charge in [-0.2, -0.15) is 15.6 Å². The lowest BCUT2D eigenvalue weighted by Gasteiger charge is -2.21. The van der Waals surface area contributed by atoms with Gasteiger partial charge in [-0.1, -0.05) is 66.7 Å². The second-order valence-corrected chi connectivity index (χ2v) is 8.56. The first-order valence-electron chi connectivity index (χ1n) is 11.7. The van der Waals surface area contributed by atoms with Crippen LogP contribution in [0.15, 0.2) is 108 Å². The van der Waals surface area contributed by atoms with E-state index in [-0.39, 0.29) is 0 Å². The largest absolute Gasteiger partial charge is 0.313 e. The molecule has 1 aliphatic rings. The summed E-state index contributed by atoms with van der Waals surface area (Å²) in [6.07, 6.45) is 1.13. The fourth-order valence-electron chi connectivity index (χ4n) is 4.61. The molecule has 2 heterocycles. The second-order valence-electron chi connectivity index (χ2n) is 8.56. The molecule has 2 N–H and O–H groups in total. The first-order chi connectivity index (χ1) is 17.6. The van der Waals surface area contributed by atoms with Crippen molar-refractivity contribution in [2.75, 3.05) is 5.01 Å². The zero-order chi connectivity index (χ0) is 25.1. The number of benzene rings is 3. The van der Waals surface area contributed by atoms with E-state index in [0.29, 0.717) is 11.3 Å². The predicted octanol–water partition coefficient (Wildman–Crippen LogP) is 5.66. The number of rotatable bonds is 5. The van der Waals surface area contributed by atoms with E-state index in [1.807, 2.05) is 79.7 Å². The molecule has 0 aliphatic carbocycles. The van der Waals surface area contributed by atoms with E-state index in [2.05, 4.69) is 52.1 Å². The van der Waals surface area contributed by atoms with Gasteiger partial charge in [0.05, 0.1) is 28.7 Å². The van der Waals surface area contributed by atoms with E-state index in [1.54, 1.807) is 5.01 Å². The third-order valence-corrected chi connectivity index (χ3v) is 6.27. The summed E-state index contributed by atoms with van der Waals surface area (Å²) in [7, 11) is 0. The van der Waals surface area contributed by atoms with Gasteiger partial charge in [0.1, 0.15) is 18.2 Å². The van der Waals surface area contributed by atoms with Gasteiger partial charge in [0.25, 0.3) is 0 Å². The van der Waals surface area contributed by atoms with Crippen molar-refractivity contribution < 1.29 is 0 Å². The Hall–Kier alpha value is -4.91. The highest BCUT2D eigenvalue weighted by molar-refractivity contribution is 6.12. The maximum atomic E-state index is 10.2. The molecule has 0 saturated heterocycles. The van der Waals surface area contributed by atoms with Crippen molar-refractivity contribution in [1.29, 1.82) is 10.5 Å². The number of para-hydroxylation sites is 2. The highest BCUT2D eigenvalue weighted by atomic mass is 15.5. The van der Waals surface area contributed by atoms with Crippen LogP contribution in [0.3, 0.4) is 0 Å². The van der Waals surface area contributed by atoms with Crippen molar-refractivity contribution in [3.8, 4) is 29.1 Å². The molecule has 0 amide bonds. The number of allylic oxidation sites excluding steroid dienone is 1. The maximum Gasteiger partial charge on any atom is 0.127 e. The smallest absolute Gasteiger partial charge is 0.127 e. The third-order valence-electron chi connectivity index (χ3n) is 6.27. The minimum atomic E-state index is -0.742. The molecule has 4 aromatic rings. The van der Waals surface area contributed by atoms with Gasteiger partial charge >= 0.3 is 0 Å². The fourth-order valence-corrected chi connectivity index (χ4v) is 4.61. The summed E-state index contributed by atoms with van der Waals surface area (Å²) in [5, 5.41) is 26.4. The van der Waals surface area contributed by atoms with E-state index in [9.17, 15) is 10.5 Å². The topological polar surface area (TPSA) is 94.1 Å². The number of nitrogens with two attached hydrogens (primary N) is 1. The Labute approximate surface area is 210 Å². The summed E-state index contributed by atoms with van der Waals surface area (Å²) in [5.74, 6) is -0.742. The van der Waals surface area contributed by atoms with Crippen LogP contribution in [0.2, 0.25) is 0 Å². The molecular formula is C30H24N6. The summed E-state index contributed by atoms with van der Waals surface area (Å²) in [5.41, 5.74) is 12.8. The van der Waals surface area contributed by atoms with E-state index in [1.165, 1.54) is 0 Å². The van der Waals surface area contributed by atoms with E-state index < -0.39 is 12.1 Å². The Bertz CT molecular complexity index is 1520. The van der Waals surface area contributed by atoms with Gasteiger partial charge in [0, 0.05) is 16.9 Å². The molecule has 0 radical (unpaired) electrons. The molecule has 1 aromatic heterocycles. The Balaban J connectivity index is 1.67. The van der Waals surface area contributed by atoms with Gasteiger partial charge in [0.15, 0.2) is 0 Å². The summed E-state index contributed by atoms with van der Waals surface area (Å²) in [4.78, 5) is 0. The van der Waals surface area contributed by atoms with Crippen LogP contribution < -0.4 is 10.7 Å². The number of hydrogen-bond acceptors (Lipinski definition) is 5. The molecule has 3 aromatic carbocycles. The standard InChI is InChI=1S/C30H24N6/c1-21-17-23(29(22-11-5-2-6-12-22)35(21)25-13-7-3-8-14-25)18-24(19-31)28-27(20-32)30(33)36(34-28)26-15-9-4-10-16-26/h2-18,27,30H,33H2,1H3/b24-18-/t27-,30+/m1/s1. The van der Waals surface area contributed by atoms with Gasteiger partial charge in [-0.15, -0.1) is 0 Å². The highest BCUT2D eigenvalue weighted by Gasteiger charge is 2.37. The van der Waals surface area contributed by atoms with Crippen LogP contribution in [0.25, 0.3) is 23.0 Å².